The van der Waals surface area contributed by atoms with Crippen molar-refractivity contribution in [3.63, 3.8) is 0 Å². The number of fused-ring (bicyclic) bond motifs is 3. The quantitative estimate of drug-likeness (QED) is 0.417. The highest BCUT2D eigenvalue weighted by molar-refractivity contribution is 5.43. The third kappa shape index (κ3) is 3.88. The van der Waals surface area contributed by atoms with E-state index in [1.807, 2.05) is 4.90 Å². The van der Waals surface area contributed by atoms with Gasteiger partial charge in [0.05, 0.1) is 5.69 Å². The van der Waals surface area contributed by atoms with Crippen LogP contribution in [0, 0.1) is 42.0 Å². The van der Waals surface area contributed by atoms with Crippen LogP contribution in [0.1, 0.15) is 55.1 Å². The van der Waals surface area contributed by atoms with Crippen LogP contribution >= 0.6 is 0 Å². The van der Waals surface area contributed by atoms with Gasteiger partial charge in [0, 0.05) is 37.2 Å². The van der Waals surface area contributed by atoms with Crippen molar-refractivity contribution in [1.82, 2.24) is 24.7 Å². The first-order valence-electron chi connectivity index (χ1n) is 12.5. The molecule has 1 aliphatic carbocycles. The zero-order valence-corrected chi connectivity index (χ0v) is 19.9. The van der Waals surface area contributed by atoms with Gasteiger partial charge in [-0.25, -0.2) is 32.2 Å². The molecular weight excluding hydrogens is 474 g/mol. The van der Waals surface area contributed by atoms with Gasteiger partial charge in [-0.1, -0.05) is 12.5 Å². The second kappa shape index (κ2) is 9.01. The van der Waals surface area contributed by atoms with E-state index in [2.05, 4.69) is 20.4 Å². The van der Waals surface area contributed by atoms with Gasteiger partial charge in [-0.15, -0.1) is 5.10 Å². The summed E-state index contributed by atoms with van der Waals surface area (Å²) in [5.74, 6) is -2.81. The summed E-state index contributed by atoms with van der Waals surface area (Å²) in [6, 6.07) is 2.39. The average Bonchev–Trinajstić information content (AvgIpc) is 3.27. The number of halogens is 4. The molecule has 0 spiro atoms. The van der Waals surface area contributed by atoms with E-state index in [0.29, 0.717) is 49.3 Å². The Labute approximate surface area is 206 Å². The van der Waals surface area contributed by atoms with Crippen molar-refractivity contribution in [2.24, 2.45) is 11.8 Å². The van der Waals surface area contributed by atoms with Crippen molar-refractivity contribution in [2.45, 2.75) is 57.5 Å². The number of aromatic nitrogens is 5. The average molecular weight is 502 g/mol. The van der Waals surface area contributed by atoms with E-state index in [-0.39, 0.29) is 29.3 Å². The summed E-state index contributed by atoms with van der Waals surface area (Å²) in [7, 11) is 0. The molecule has 7 nitrogen and oxygen atoms in total. The Morgan fingerprint density at radius 3 is 2.47 bits per heavy atom. The summed E-state index contributed by atoms with van der Waals surface area (Å²) >= 11 is 0. The highest BCUT2D eigenvalue weighted by Crippen LogP contribution is 2.41. The fourth-order valence-electron chi connectivity index (χ4n) is 6.13. The smallest absolute Gasteiger partial charge is 0.242 e. The van der Waals surface area contributed by atoms with Gasteiger partial charge < -0.3 is 10.2 Å². The molecule has 1 unspecified atom stereocenters. The Hall–Kier alpha value is -3.24. The maximum absolute atomic E-state index is 14.7. The van der Waals surface area contributed by atoms with Crippen molar-refractivity contribution in [3.8, 4) is 0 Å². The summed E-state index contributed by atoms with van der Waals surface area (Å²) in [6.07, 6.45) is 5.62. The standard InChI is InChI=1S/C25H27F4N7/c1-13-19(27)24(31-12-30-13)35-10-14-5-6-15(11-35)22(14)32-25-33-23-17(4-2-3-9-36(23)34-25)16-7-8-18(26)21(29)20(16)28/h7-8,12,14-15,17,22H,2-6,9-11H2,1H3,(H,32,34)/t14-,15+,17?,22+. The molecule has 2 bridgehead atoms. The molecule has 3 aromatic rings. The van der Waals surface area contributed by atoms with Crippen LogP contribution in [0.15, 0.2) is 18.5 Å². The number of benzene rings is 1. The minimum Gasteiger partial charge on any atom is -0.353 e. The number of piperidine rings is 1. The molecule has 36 heavy (non-hydrogen) atoms. The number of hydrogen-bond acceptors (Lipinski definition) is 6. The molecule has 0 amide bonds. The molecular formula is C25H27F4N7. The molecule has 2 aliphatic heterocycles. The fourth-order valence-corrected chi connectivity index (χ4v) is 6.13. The van der Waals surface area contributed by atoms with Crippen LogP contribution in [0.3, 0.4) is 0 Å². The summed E-state index contributed by atoms with van der Waals surface area (Å²) in [6.45, 7) is 3.59. The van der Waals surface area contributed by atoms with Gasteiger partial charge in [0.15, 0.2) is 29.1 Å². The van der Waals surface area contributed by atoms with Crippen molar-refractivity contribution in [3.05, 3.63) is 58.8 Å². The molecule has 4 atom stereocenters. The normalized spacial score (nSPS) is 25.5. The Morgan fingerprint density at radius 2 is 1.69 bits per heavy atom. The number of rotatable bonds is 4. The lowest BCUT2D eigenvalue weighted by atomic mass is 9.92. The van der Waals surface area contributed by atoms with Gasteiger partial charge in [0.1, 0.15) is 12.2 Å². The summed E-state index contributed by atoms with van der Waals surface area (Å²) in [5, 5.41) is 8.16. The molecule has 6 rings (SSSR count). The molecule has 1 saturated heterocycles. The molecule has 1 saturated carbocycles. The molecule has 3 aliphatic rings. The molecule has 190 valence electrons. The van der Waals surface area contributed by atoms with Gasteiger partial charge in [0.25, 0.3) is 0 Å². The van der Waals surface area contributed by atoms with Gasteiger partial charge in [0.2, 0.25) is 5.95 Å². The van der Waals surface area contributed by atoms with Crippen LogP contribution in [-0.4, -0.2) is 43.9 Å². The molecule has 0 radical (unpaired) electrons. The zero-order valence-electron chi connectivity index (χ0n) is 19.9. The lowest BCUT2D eigenvalue weighted by Crippen LogP contribution is -2.48. The first kappa shape index (κ1) is 23.2. The Balaban J connectivity index is 1.24. The first-order chi connectivity index (χ1) is 17.4. The van der Waals surface area contributed by atoms with E-state index < -0.39 is 23.4 Å². The molecule has 1 aromatic carbocycles. The molecule has 11 heteroatoms. The van der Waals surface area contributed by atoms with E-state index in [4.69, 9.17) is 4.98 Å². The van der Waals surface area contributed by atoms with E-state index in [9.17, 15) is 17.6 Å². The van der Waals surface area contributed by atoms with E-state index in [0.717, 1.165) is 31.7 Å². The number of anilines is 2. The van der Waals surface area contributed by atoms with Gasteiger partial charge in [-0.3, -0.25) is 0 Å². The Morgan fingerprint density at radius 1 is 0.917 bits per heavy atom. The highest BCUT2D eigenvalue weighted by Gasteiger charge is 2.43. The number of hydrogen-bond donors (Lipinski definition) is 1. The van der Waals surface area contributed by atoms with Gasteiger partial charge in [-0.05, 0) is 50.5 Å². The molecule has 4 heterocycles. The number of nitrogens with zero attached hydrogens (tertiary/aromatic N) is 6. The SMILES string of the molecule is Cc1ncnc(N2C[C@H]3CC[C@@H](C2)[C@H]3Nc2nc3n(n2)CCCCC3c2ccc(F)c(F)c2F)c1F. The summed E-state index contributed by atoms with van der Waals surface area (Å²) in [5.41, 5.74) is 0.440. The maximum atomic E-state index is 14.7. The number of nitrogens with one attached hydrogen (secondary N) is 1. The topological polar surface area (TPSA) is 71.8 Å². The Kier molecular flexibility index (Phi) is 5.80. The summed E-state index contributed by atoms with van der Waals surface area (Å²) < 4.78 is 58.6. The zero-order chi connectivity index (χ0) is 25.0. The molecule has 1 N–H and O–H groups in total. The van der Waals surface area contributed by atoms with Crippen LogP contribution < -0.4 is 10.2 Å². The first-order valence-corrected chi connectivity index (χ1v) is 12.5. The van der Waals surface area contributed by atoms with Crippen molar-refractivity contribution < 1.29 is 17.6 Å². The maximum Gasteiger partial charge on any atom is 0.242 e. The second-order valence-electron chi connectivity index (χ2n) is 10.1. The van der Waals surface area contributed by atoms with E-state index in [1.54, 1.807) is 11.6 Å². The van der Waals surface area contributed by atoms with Crippen LogP contribution in [-0.2, 0) is 6.54 Å². The van der Waals surface area contributed by atoms with Crippen LogP contribution in [0.2, 0.25) is 0 Å². The molecule has 2 fully saturated rings. The second-order valence-corrected chi connectivity index (χ2v) is 10.1. The van der Waals surface area contributed by atoms with Crippen molar-refractivity contribution in [2.75, 3.05) is 23.3 Å². The largest absolute Gasteiger partial charge is 0.353 e. The van der Waals surface area contributed by atoms with Gasteiger partial charge >= 0.3 is 0 Å². The lowest BCUT2D eigenvalue weighted by molar-refractivity contribution is 0.371. The third-order valence-electron chi connectivity index (χ3n) is 7.94. The monoisotopic (exact) mass is 501 g/mol. The minimum absolute atomic E-state index is 0.103. The third-order valence-corrected chi connectivity index (χ3v) is 7.94. The van der Waals surface area contributed by atoms with Crippen LogP contribution in [0.4, 0.5) is 29.3 Å². The number of aryl methyl sites for hydroxylation is 2. The fraction of sp³-hybridized carbons (Fsp3) is 0.520. The lowest BCUT2D eigenvalue weighted by Gasteiger charge is -2.38. The van der Waals surface area contributed by atoms with E-state index >= 15 is 0 Å². The van der Waals surface area contributed by atoms with Crippen molar-refractivity contribution >= 4 is 11.8 Å². The van der Waals surface area contributed by atoms with Crippen LogP contribution in [0.5, 0.6) is 0 Å². The highest BCUT2D eigenvalue weighted by atomic mass is 19.2. The van der Waals surface area contributed by atoms with E-state index in [1.165, 1.54) is 12.4 Å². The van der Waals surface area contributed by atoms with Crippen molar-refractivity contribution in [1.29, 1.82) is 0 Å². The minimum atomic E-state index is -1.46. The summed E-state index contributed by atoms with van der Waals surface area (Å²) in [4.78, 5) is 14.8. The predicted octanol–water partition coefficient (Wildman–Crippen LogP) is 4.58. The van der Waals surface area contributed by atoms with Gasteiger partial charge in [-0.2, -0.15) is 4.98 Å². The predicted molar refractivity (Wildman–Crippen MR) is 125 cm³/mol. The van der Waals surface area contributed by atoms with Crippen LogP contribution in [0.25, 0.3) is 0 Å². The molecule has 2 aromatic heterocycles. The Bertz CT molecular complexity index is 1280.